The number of hydrogen-bond acceptors (Lipinski definition) is 2. The van der Waals surface area contributed by atoms with Gasteiger partial charge in [0.15, 0.2) is 5.96 Å². The molecule has 0 aromatic rings. The van der Waals surface area contributed by atoms with E-state index in [1.165, 1.54) is 0 Å². The molecule has 1 atom stereocenters. The van der Waals surface area contributed by atoms with Crippen LogP contribution in [0.25, 0.3) is 0 Å². The van der Waals surface area contributed by atoms with E-state index < -0.39 is 0 Å². The Morgan fingerprint density at radius 2 is 2.05 bits per heavy atom. The number of amides is 1. The lowest BCUT2D eigenvalue weighted by Crippen LogP contribution is -2.45. The molecule has 5 heteroatoms. The number of hydrogen-bond donors (Lipinski definition) is 2. The quantitative estimate of drug-likeness (QED) is 0.602. The van der Waals surface area contributed by atoms with Crippen LogP contribution in [0.4, 0.5) is 0 Å². The van der Waals surface area contributed by atoms with Crippen molar-refractivity contribution in [2.45, 2.75) is 59.9 Å². The van der Waals surface area contributed by atoms with Gasteiger partial charge in [-0.05, 0) is 25.2 Å². The molecular weight excluding hydrogens is 264 g/mol. The zero-order chi connectivity index (χ0) is 15.9. The molecule has 0 aliphatic carbocycles. The lowest BCUT2D eigenvalue weighted by molar-refractivity contribution is -0.129. The number of nitrogens with zero attached hydrogens (tertiary/aromatic N) is 2. The molecule has 0 bridgehead atoms. The molecule has 0 spiro atoms. The lowest BCUT2D eigenvalue weighted by atomic mass is 9.92. The topological polar surface area (TPSA) is 56.7 Å². The van der Waals surface area contributed by atoms with Gasteiger partial charge in [-0.15, -0.1) is 0 Å². The monoisotopic (exact) mass is 296 g/mol. The first-order chi connectivity index (χ1) is 9.85. The van der Waals surface area contributed by atoms with E-state index in [2.05, 4.69) is 43.3 Å². The second kappa shape index (κ2) is 8.25. The highest BCUT2D eigenvalue weighted by Gasteiger charge is 2.25. The minimum absolute atomic E-state index is 0.244. The van der Waals surface area contributed by atoms with Crippen molar-refractivity contribution in [1.82, 2.24) is 15.5 Å². The summed E-state index contributed by atoms with van der Waals surface area (Å²) in [4.78, 5) is 18.3. The van der Waals surface area contributed by atoms with Gasteiger partial charge in [0.25, 0.3) is 0 Å². The molecule has 0 radical (unpaired) electrons. The molecule has 21 heavy (non-hydrogen) atoms. The summed E-state index contributed by atoms with van der Waals surface area (Å²) in [5, 5.41) is 6.75. The van der Waals surface area contributed by atoms with Gasteiger partial charge in [-0.2, -0.15) is 0 Å². The van der Waals surface area contributed by atoms with Gasteiger partial charge in [-0.25, -0.2) is 0 Å². The Bertz CT molecular complexity index is 360. The van der Waals surface area contributed by atoms with Crippen LogP contribution in [-0.4, -0.2) is 49.0 Å². The Morgan fingerprint density at radius 1 is 1.33 bits per heavy atom. The first-order valence-corrected chi connectivity index (χ1v) is 8.18. The Labute approximate surface area is 129 Å². The van der Waals surface area contributed by atoms with Crippen LogP contribution < -0.4 is 10.6 Å². The van der Waals surface area contributed by atoms with Crippen LogP contribution in [0.5, 0.6) is 0 Å². The fraction of sp³-hybridized carbons (Fsp3) is 0.875. The Kier molecular flexibility index (Phi) is 6.99. The number of aliphatic imine (C=N–C) groups is 1. The summed E-state index contributed by atoms with van der Waals surface area (Å²) in [6.07, 6.45) is 2.65. The van der Waals surface area contributed by atoms with Crippen LogP contribution >= 0.6 is 0 Å². The first-order valence-electron chi connectivity index (χ1n) is 8.18. The molecule has 122 valence electrons. The number of likely N-dealkylation sites (tertiary alicyclic amines) is 1. The standard InChI is InChI=1S/C16H32N4O/c1-6-14(21)20-11-8-13(12-20)19-15(17-7-2)18-10-9-16(3,4)5/h13H,6-12H2,1-5H3,(H2,17,18,19). The SMILES string of the molecule is CCNC(=NCCC(C)(C)C)NC1CCN(C(=O)CC)C1. The summed E-state index contributed by atoms with van der Waals surface area (Å²) in [7, 11) is 0. The molecule has 1 saturated heterocycles. The molecule has 0 saturated carbocycles. The Morgan fingerprint density at radius 3 is 2.62 bits per heavy atom. The molecule has 0 aromatic heterocycles. The van der Waals surface area contributed by atoms with E-state index >= 15 is 0 Å². The predicted octanol–water partition coefficient (Wildman–Crippen LogP) is 1.99. The highest BCUT2D eigenvalue weighted by molar-refractivity contribution is 5.80. The third kappa shape index (κ3) is 6.82. The van der Waals surface area contributed by atoms with E-state index in [1.54, 1.807) is 0 Å². The second-order valence-corrected chi connectivity index (χ2v) is 6.89. The number of nitrogens with one attached hydrogen (secondary N) is 2. The summed E-state index contributed by atoms with van der Waals surface area (Å²) in [6.45, 7) is 14.0. The minimum Gasteiger partial charge on any atom is -0.357 e. The molecule has 5 nitrogen and oxygen atoms in total. The number of guanidine groups is 1. The van der Waals surface area contributed by atoms with Gasteiger partial charge in [0.1, 0.15) is 0 Å². The van der Waals surface area contributed by atoms with Crippen molar-refractivity contribution in [3.63, 3.8) is 0 Å². The molecular formula is C16H32N4O. The summed E-state index contributed by atoms with van der Waals surface area (Å²) in [6, 6.07) is 0.313. The van der Waals surface area contributed by atoms with Crippen LogP contribution in [0.1, 0.15) is 53.9 Å². The van der Waals surface area contributed by atoms with Gasteiger partial charge in [0.2, 0.25) is 5.91 Å². The zero-order valence-corrected chi connectivity index (χ0v) is 14.3. The van der Waals surface area contributed by atoms with Crippen LogP contribution in [-0.2, 0) is 4.79 Å². The van der Waals surface area contributed by atoms with E-state index in [1.807, 2.05) is 11.8 Å². The molecule has 1 amide bonds. The maximum Gasteiger partial charge on any atom is 0.222 e. The van der Waals surface area contributed by atoms with E-state index in [-0.39, 0.29) is 5.91 Å². The maximum absolute atomic E-state index is 11.7. The van der Waals surface area contributed by atoms with Gasteiger partial charge in [0.05, 0.1) is 0 Å². The molecule has 1 fully saturated rings. The number of carbonyl (C=O) groups is 1. The van der Waals surface area contributed by atoms with Gasteiger partial charge in [0, 0.05) is 38.6 Å². The third-order valence-corrected chi connectivity index (χ3v) is 3.66. The van der Waals surface area contributed by atoms with Crippen molar-refractivity contribution in [2.24, 2.45) is 10.4 Å². The van der Waals surface area contributed by atoms with Crippen molar-refractivity contribution in [3.8, 4) is 0 Å². The molecule has 1 heterocycles. The molecule has 2 N–H and O–H groups in total. The van der Waals surface area contributed by atoms with Crippen LogP contribution in [0.3, 0.4) is 0 Å². The predicted molar refractivity (Wildman–Crippen MR) is 88.5 cm³/mol. The fourth-order valence-corrected chi connectivity index (χ4v) is 2.34. The average molecular weight is 296 g/mol. The van der Waals surface area contributed by atoms with Crippen molar-refractivity contribution in [2.75, 3.05) is 26.2 Å². The number of carbonyl (C=O) groups excluding carboxylic acids is 1. The maximum atomic E-state index is 11.7. The second-order valence-electron chi connectivity index (χ2n) is 6.89. The summed E-state index contributed by atoms with van der Waals surface area (Å²) in [5.74, 6) is 1.12. The summed E-state index contributed by atoms with van der Waals surface area (Å²) in [5.41, 5.74) is 0.304. The Balaban J connectivity index is 2.47. The van der Waals surface area contributed by atoms with E-state index in [4.69, 9.17) is 0 Å². The van der Waals surface area contributed by atoms with E-state index in [0.29, 0.717) is 17.9 Å². The van der Waals surface area contributed by atoms with E-state index in [9.17, 15) is 4.79 Å². The van der Waals surface area contributed by atoms with Gasteiger partial charge in [-0.1, -0.05) is 27.7 Å². The van der Waals surface area contributed by atoms with Crippen LogP contribution in [0.2, 0.25) is 0 Å². The molecule has 0 aromatic carbocycles. The van der Waals surface area contributed by atoms with Crippen molar-refractivity contribution >= 4 is 11.9 Å². The largest absolute Gasteiger partial charge is 0.357 e. The summed E-state index contributed by atoms with van der Waals surface area (Å²) < 4.78 is 0. The Hall–Kier alpha value is -1.26. The first kappa shape index (κ1) is 17.8. The van der Waals surface area contributed by atoms with Crippen LogP contribution in [0.15, 0.2) is 4.99 Å². The van der Waals surface area contributed by atoms with Crippen LogP contribution in [0, 0.1) is 5.41 Å². The lowest BCUT2D eigenvalue weighted by Gasteiger charge is -2.20. The molecule has 1 rings (SSSR count). The van der Waals surface area contributed by atoms with Gasteiger partial charge >= 0.3 is 0 Å². The van der Waals surface area contributed by atoms with Gasteiger partial charge in [-0.3, -0.25) is 9.79 Å². The van der Waals surface area contributed by atoms with Crippen molar-refractivity contribution < 1.29 is 4.79 Å². The van der Waals surface area contributed by atoms with E-state index in [0.717, 1.165) is 45.0 Å². The van der Waals surface area contributed by atoms with Crippen molar-refractivity contribution in [1.29, 1.82) is 0 Å². The average Bonchev–Trinajstić information content (AvgIpc) is 2.85. The normalized spacial score (nSPS) is 19.8. The molecule has 1 aliphatic heterocycles. The third-order valence-electron chi connectivity index (χ3n) is 3.66. The highest BCUT2D eigenvalue weighted by Crippen LogP contribution is 2.17. The fourth-order valence-electron chi connectivity index (χ4n) is 2.34. The zero-order valence-electron chi connectivity index (χ0n) is 14.3. The highest BCUT2D eigenvalue weighted by atomic mass is 16.2. The summed E-state index contributed by atoms with van der Waals surface area (Å²) >= 11 is 0. The minimum atomic E-state index is 0.244. The number of rotatable bonds is 5. The van der Waals surface area contributed by atoms with Crippen molar-refractivity contribution in [3.05, 3.63) is 0 Å². The smallest absolute Gasteiger partial charge is 0.222 e. The molecule has 1 aliphatic rings. The van der Waals surface area contributed by atoms with Gasteiger partial charge < -0.3 is 15.5 Å². The molecule has 1 unspecified atom stereocenters.